The third-order valence-electron chi connectivity index (χ3n) is 2.63. The number of aryl methyl sites for hydroxylation is 1. The summed E-state index contributed by atoms with van der Waals surface area (Å²) in [6.45, 7) is 1.93. The van der Waals surface area contributed by atoms with Gasteiger partial charge in [0.25, 0.3) is 0 Å². The van der Waals surface area contributed by atoms with Crippen LogP contribution in [0.1, 0.15) is 28.3 Å². The summed E-state index contributed by atoms with van der Waals surface area (Å²) < 4.78 is 1.96. The molecule has 0 N–H and O–H groups in total. The van der Waals surface area contributed by atoms with Crippen LogP contribution in [0.3, 0.4) is 0 Å². The summed E-state index contributed by atoms with van der Waals surface area (Å²) in [7, 11) is 1.95. The fourth-order valence-corrected chi connectivity index (χ4v) is 3.06. The number of hydrogen-bond acceptors (Lipinski definition) is 5. The molecule has 6 heteroatoms. The molecule has 2 aromatic rings. The highest BCUT2D eigenvalue weighted by atomic mass is 32.2. The van der Waals surface area contributed by atoms with Crippen LogP contribution < -0.4 is 0 Å². The van der Waals surface area contributed by atoms with Crippen LogP contribution in [0.15, 0.2) is 22.7 Å². The molecule has 0 amide bonds. The Morgan fingerprint density at radius 2 is 2.33 bits per heavy atom. The monoisotopic (exact) mass is 281 g/mol. The second kappa shape index (κ2) is 6.15. The number of carbonyl (C=O) groups excluding carboxylic acids is 1. The van der Waals surface area contributed by atoms with Crippen LogP contribution >= 0.6 is 23.1 Å². The Balaban J connectivity index is 1.73. The maximum Gasteiger partial charge on any atom is 0.190 e. The maximum absolute atomic E-state index is 11.8. The topological polar surface area (TPSA) is 47.8 Å². The molecule has 0 atom stereocenters. The van der Waals surface area contributed by atoms with Crippen LogP contribution in [0, 0.1) is 6.92 Å². The van der Waals surface area contributed by atoms with Crippen molar-refractivity contribution in [3.63, 3.8) is 0 Å². The molecule has 0 bridgehead atoms. The highest BCUT2D eigenvalue weighted by Gasteiger charge is 2.08. The van der Waals surface area contributed by atoms with Gasteiger partial charge in [0.05, 0.1) is 4.88 Å². The highest BCUT2D eigenvalue weighted by molar-refractivity contribution is 7.99. The second-order valence-electron chi connectivity index (χ2n) is 3.94. The quantitative estimate of drug-likeness (QED) is 0.464. The van der Waals surface area contributed by atoms with E-state index < -0.39 is 0 Å². The summed E-state index contributed by atoms with van der Waals surface area (Å²) in [5, 5.41) is 10.9. The van der Waals surface area contributed by atoms with Gasteiger partial charge in [-0.05, 0) is 24.8 Å². The SMILES string of the molecule is Cc1nnc(SCCCC(=O)c2cccs2)n1C. The van der Waals surface area contributed by atoms with E-state index in [1.807, 2.05) is 36.1 Å². The van der Waals surface area contributed by atoms with Crippen molar-refractivity contribution in [2.75, 3.05) is 5.75 Å². The molecule has 0 unspecified atom stereocenters. The molecule has 2 rings (SSSR count). The summed E-state index contributed by atoms with van der Waals surface area (Å²) in [6, 6.07) is 3.79. The Bertz CT molecular complexity index is 519. The van der Waals surface area contributed by atoms with Crippen LogP contribution in [-0.4, -0.2) is 26.3 Å². The van der Waals surface area contributed by atoms with Crippen LogP contribution in [0.4, 0.5) is 0 Å². The van der Waals surface area contributed by atoms with E-state index in [1.165, 1.54) is 11.3 Å². The zero-order valence-electron chi connectivity index (χ0n) is 10.4. The lowest BCUT2D eigenvalue weighted by atomic mass is 10.2. The smallest absolute Gasteiger partial charge is 0.190 e. The van der Waals surface area contributed by atoms with Gasteiger partial charge in [-0.15, -0.1) is 21.5 Å². The summed E-state index contributed by atoms with van der Waals surface area (Å²) in [4.78, 5) is 12.6. The first-order valence-electron chi connectivity index (χ1n) is 5.74. The molecule has 0 radical (unpaired) electrons. The van der Waals surface area contributed by atoms with Crippen molar-refractivity contribution in [2.24, 2.45) is 7.05 Å². The minimum atomic E-state index is 0.236. The van der Waals surface area contributed by atoms with E-state index in [4.69, 9.17) is 0 Å². The van der Waals surface area contributed by atoms with Gasteiger partial charge in [0.1, 0.15) is 5.82 Å². The van der Waals surface area contributed by atoms with Crippen LogP contribution in [0.25, 0.3) is 0 Å². The average Bonchev–Trinajstić information content (AvgIpc) is 2.99. The van der Waals surface area contributed by atoms with Gasteiger partial charge in [-0.1, -0.05) is 17.8 Å². The van der Waals surface area contributed by atoms with Crippen molar-refractivity contribution in [2.45, 2.75) is 24.9 Å². The normalized spacial score (nSPS) is 10.8. The van der Waals surface area contributed by atoms with Gasteiger partial charge < -0.3 is 4.57 Å². The Morgan fingerprint density at radius 1 is 1.50 bits per heavy atom. The summed E-state index contributed by atoms with van der Waals surface area (Å²) in [5.41, 5.74) is 0. The van der Waals surface area contributed by atoms with Crippen molar-refractivity contribution < 1.29 is 4.79 Å². The van der Waals surface area contributed by atoms with Crippen LogP contribution in [0.2, 0.25) is 0 Å². The molecule has 0 spiro atoms. The molecular formula is C12H15N3OS2. The van der Waals surface area contributed by atoms with E-state index in [0.717, 1.165) is 28.0 Å². The van der Waals surface area contributed by atoms with E-state index in [2.05, 4.69) is 10.2 Å². The van der Waals surface area contributed by atoms with E-state index in [-0.39, 0.29) is 5.78 Å². The molecule has 0 aliphatic carbocycles. The second-order valence-corrected chi connectivity index (χ2v) is 5.95. The van der Waals surface area contributed by atoms with Gasteiger partial charge in [0, 0.05) is 19.2 Å². The minimum absolute atomic E-state index is 0.236. The van der Waals surface area contributed by atoms with Gasteiger partial charge in [-0.3, -0.25) is 4.79 Å². The fraction of sp³-hybridized carbons (Fsp3) is 0.417. The van der Waals surface area contributed by atoms with Crippen LogP contribution in [-0.2, 0) is 7.05 Å². The number of rotatable bonds is 6. The van der Waals surface area contributed by atoms with Gasteiger partial charge in [0.2, 0.25) is 0 Å². The first-order chi connectivity index (χ1) is 8.68. The Labute approximate surface area is 114 Å². The molecule has 18 heavy (non-hydrogen) atoms. The number of Topliss-reactive ketones (excluding diaryl/α,β-unsaturated/α-hetero) is 1. The fourth-order valence-electron chi connectivity index (χ4n) is 1.47. The number of thiophene rings is 1. The molecule has 0 saturated carbocycles. The molecule has 0 aromatic carbocycles. The first kappa shape index (κ1) is 13.3. The van der Waals surface area contributed by atoms with Crippen molar-refractivity contribution >= 4 is 28.9 Å². The predicted molar refractivity (Wildman–Crippen MR) is 74.3 cm³/mol. The minimum Gasteiger partial charge on any atom is -0.309 e. The summed E-state index contributed by atoms with van der Waals surface area (Å²) in [5.74, 6) is 2.04. The van der Waals surface area contributed by atoms with E-state index >= 15 is 0 Å². The third-order valence-corrected chi connectivity index (χ3v) is 4.65. The molecule has 0 aliphatic heterocycles. The van der Waals surface area contributed by atoms with Crippen molar-refractivity contribution in [1.29, 1.82) is 0 Å². The zero-order valence-corrected chi connectivity index (χ0v) is 12.1. The van der Waals surface area contributed by atoms with E-state index in [0.29, 0.717) is 6.42 Å². The molecule has 0 saturated heterocycles. The largest absolute Gasteiger partial charge is 0.309 e. The summed E-state index contributed by atoms with van der Waals surface area (Å²) >= 11 is 3.16. The molecule has 2 aromatic heterocycles. The van der Waals surface area contributed by atoms with Crippen molar-refractivity contribution in [3.05, 3.63) is 28.2 Å². The Hall–Kier alpha value is -1.14. The van der Waals surface area contributed by atoms with Crippen LogP contribution in [0.5, 0.6) is 0 Å². The molecule has 0 fully saturated rings. The number of nitrogens with zero attached hydrogens (tertiary/aromatic N) is 3. The van der Waals surface area contributed by atoms with Gasteiger partial charge in [-0.2, -0.15) is 0 Å². The van der Waals surface area contributed by atoms with E-state index in [9.17, 15) is 4.79 Å². The lowest BCUT2D eigenvalue weighted by Gasteiger charge is -2.01. The number of carbonyl (C=O) groups is 1. The lowest BCUT2D eigenvalue weighted by molar-refractivity contribution is 0.0986. The zero-order chi connectivity index (χ0) is 13.0. The van der Waals surface area contributed by atoms with Crippen molar-refractivity contribution in [1.82, 2.24) is 14.8 Å². The number of hydrogen-bond donors (Lipinski definition) is 0. The lowest BCUT2D eigenvalue weighted by Crippen LogP contribution is -1.98. The molecule has 96 valence electrons. The Kier molecular flexibility index (Phi) is 4.54. The predicted octanol–water partition coefficient (Wildman–Crippen LogP) is 2.94. The summed E-state index contributed by atoms with van der Waals surface area (Å²) in [6.07, 6.45) is 1.47. The molecule has 2 heterocycles. The number of aromatic nitrogens is 3. The molecule has 4 nitrogen and oxygen atoms in total. The average molecular weight is 281 g/mol. The Morgan fingerprint density at radius 3 is 2.94 bits per heavy atom. The van der Waals surface area contributed by atoms with Gasteiger partial charge >= 0.3 is 0 Å². The van der Waals surface area contributed by atoms with Gasteiger partial charge in [0.15, 0.2) is 10.9 Å². The number of thioether (sulfide) groups is 1. The third kappa shape index (κ3) is 3.20. The van der Waals surface area contributed by atoms with Gasteiger partial charge in [-0.25, -0.2) is 0 Å². The van der Waals surface area contributed by atoms with Crippen molar-refractivity contribution in [3.8, 4) is 0 Å². The molecule has 0 aliphatic rings. The van der Waals surface area contributed by atoms with E-state index in [1.54, 1.807) is 11.8 Å². The maximum atomic E-state index is 11.8. The number of ketones is 1. The highest BCUT2D eigenvalue weighted by Crippen LogP contribution is 2.18. The standard InChI is InChI=1S/C12H15N3OS2/c1-9-13-14-12(15(9)2)18-8-3-5-10(16)11-6-4-7-17-11/h4,6-7H,3,5,8H2,1-2H3. The first-order valence-corrected chi connectivity index (χ1v) is 7.60. The molecular weight excluding hydrogens is 266 g/mol.